The first-order valence-corrected chi connectivity index (χ1v) is 10.5. The second kappa shape index (κ2) is 8.07. The number of non-ortho nitro benzene ring substituents is 1. The summed E-state index contributed by atoms with van der Waals surface area (Å²) in [5.74, 6) is -0.517. The van der Waals surface area contributed by atoms with Gasteiger partial charge in [-0.1, -0.05) is 18.2 Å². The van der Waals surface area contributed by atoms with E-state index in [0.717, 1.165) is 12.8 Å². The highest BCUT2D eigenvalue weighted by Gasteiger charge is 2.25. The van der Waals surface area contributed by atoms with Crippen molar-refractivity contribution in [1.82, 2.24) is 4.31 Å². The van der Waals surface area contributed by atoms with E-state index >= 15 is 0 Å². The SMILES string of the molecule is Cc1ccc([N+](=O)[O-])cc1NC(=O)c1ccc(CS(=O)(=O)N2CCCC2)cc1. The molecule has 1 saturated heterocycles. The minimum Gasteiger partial charge on any atom is -0.321 e. The van der Waals surface area contributed by atoms with Crippen LogP contribution in [-0.4, -0.2) is 36.6 Å². The minimum atomic E-state index is -3.34. The summed E-state index contributed by atoms with van der Waals surface area (Å²) in [6.45, 7) is 2.86. The maximum Gasteiger partial charge on any atom is 0.271 e. The Hall–Kier alpha value is -2.78. The Kier molecular flexibility index (Phi) is 5.76. The second-order valence-corrected chi connectivity index (χ2v) is 8.74. The van der Waals surface area contributed by atoms with Gasteiger partial charge in [0.15, 0.2) is 0 Å². The molecule has 2 aromatic carbocycles. The fourth-order valence-corrected chi connectivity index (χ4v) is 4.68. The van der Waals surface area contributed by atoms with Crippen LogP contribution in [0.1, 0.15) is 34.3 Å². The van der Waals surface area contributed by atoms with E-state index in [2.05, 4.69) is 5.32 Å². The number of anilines is 1. The van der Waals surface area contributed by atoms with Crippen LogP contribution in [0.2, 0.25) is 0 Å². The number of carbonyl (C=O) groups excluding carboxylic acids is 1. The van der Waals surface area contributed by atoms with Crippen molar-refractivity contribution in [3.05, 3.63) is 69.3 Å². The summed E-state index contributed by atoms with van der Waals surface area (Å²) < 4.78 is 26.3. The van der Waals surface area contributed by atoms with Gasteiger partial charge in [-0.2, -0.15) is 0 Å². The fourth-order valence-electron chi connectivity index (χ4n) is 3.07. The summed E-state index contributed by atoms with van der Waals surface area (Å²) in [6, 6.07) is 10.6. The summed E-state index contributed by atoms with van der Waals surface area (Å²) in [5, 5.41) is 13.6. The largest absolute Gasteiger partial charge is 0.321 e. The summed E-state index contributed by atoms with van der Waals surface area (Å²) in [5.41, 5.74) is 1.90. The summed E-state index contributed by atoms with van der Waals surface area (Å²) in [4.78, 5) is 22.8. The van der Waals surface area contributed by atoms with E-state index in [0.29, 0.717) is 35.5 Å². The molecule has 0 unspecified atom stereocenters. The van der Waals surface area contributed by atoms with Gasteiger partial charge in [0.05, 0.1) is 16.4 Å². The van der Waals surface area contributed by atoms with Gasteiger partial charge in [0.1, 0.15) is 0 Å². The molecule has 2 aromatic rings. The Morgan fingerprint density at radius 1 is 1.14 bits per heavy atom. The Labute approximate surface area is 163 Å². The Bertz CT molecular complexity index is 997. The van der Waals surface area contributed by atoms with Gasteiger partial charge in [-0.3, -0.25) is 14.9 Å². The molecule has 8 nitrogen and oxygen atoms in total. The van der Waals surface area contributed by atoms with Crippen LogP contribution < -0.4 is 5.32 Å². The number of nitro benzene ring substituents is 1. The number of nitrogens with one attached hydrogen (secondary N) is 1. The average Bonchev–Trinajstić information content (AvgIpc) is 3.19. The summed E-state index contributed by atoms with van der Waals surface area (Å²) in [6.07, 6.45) is 1.77. The highest BCUT2D eigenvalue weighted by atomic mass is 32.2. The molecule has 0 saturated carbocycles. The van der Waals surface area contributed by atoms with Crippen LogP contribution in [0.3, 0.4) is 0 Å². The normalized spacial score (nSPS) is 14.8. The number of carbonyl (C=O) groups is 1. The van der Waals surface area contributed by atoms with Crippen molar-refractivity contribution < 1.29 is 18.1 Å². The van der Waals surface area contributed by atoms with Gasteiger partial charge in [0.2, 0.25) is 10.0 Å². The van der Waals surface area contributed by atoms with E-state index in [1.165, 1.54) is 16.4 Å². The molecule has 1 amide bonds. The fraction of sp³-hybridized carbons (Fsp3) is 0.316. The van der Waals surface area contributed by atoms with Crippen molar-refractivity contribution >= 4 is 27.3 Å². The molecule has 1 fully saturated rings. The van der Waals surface area contributed by atoms with Crippen molar-refractivity contribution in [2.45, 2.75) is 25.5 Å². The van der Waals surface area contributed by atoms with E-state index in [1.54, 1.807) is 37.3 Å². The zero-order chi connectivity index (χ0) is 20.3. The number of hydrogen-bond acceptors (Lipinski definition) is 5. The third-order valence-electron chi connectivity index (χ3n) is 4.70. The molecule has 1 heterocycles. The van der Waals surface area contributed by atoms with Gasteiger partial charge in [0, 0.05) is 30.8 Å². The topological polar surface area (TPSA) is 110 Å². The molecule has 1 N–H and O–H groups in total. The van der Waals surface area contributed by atoms with Crippen LogP contribution in [0.15, 0.2) is 42.5 Å². The van der Waals surface area contributed by atoms with Crippen molar-refractivity contribution in [2.75, 3.05) is 18.4 Å². The van der Waals surface area contributed by atoms with Crippen molar-refractivity contribution in [2.24, 2.45) is 0 Å². The molecule has 1 aliphatic heterocycles. The molecule has 3 rings (SSSR count). The molecular weight excluding hydrogens is 382 g/mol. The van der Waals surface area contributed by atoms with Gasteiger partial charge in [-0.25, -0.2) is 12.7 Å². The first kappa shape index (κ1) is 20.0. The molecule has 1 aliphatic rings. The quantitative estimate of drug-likeness (QED) is 0.589. The number of nitro groups is 1. The molecule has 9 heteroatoms. The molecule has 0 atom stereocenters. The molecule has 148 valence electrons. The smallest absolute Gasteiger partial charge is 0.271 e. The Morgan fingerprint density at radius 3 is 2.39 bits per heavy atom. The second-order valence-electron chi connectivity index (χ2n) is 6.77. The number of benzene rings is 2. The van der Waals surface area contributed by atoms with Crippen molar-refractivity contribution in [1.29, 1.82) is 0 Å². The Morgan fingerprint density at radius 2 is 1.79 bits per heavy atom. The molecule has 0 radical (unpaired) electrons. The lowest BCUT2D eigenvalue weighted by Crippen LogP contribution is -2.29. The van der Waals surface area contributed by atoms with Crippen molar-refractivity contribution in [3.8, 4) is 0 Å². The van der Waals surface area contributed by atoms with Crippen LogP contribution in [0, 0.1) is 17.0 Å². The first-order chi connectivity index (χ1) is 13.3. The van der Waals surface area contributed by atoms with Crippen LogP contribution in [0.5, 0.6) is 0 Å². The number of rotatable bonds is 6. The zero-order valence-electron chi connectivity index (χ0n) is 15.4. The van der Waals surface area contributed by atoms with Crippen LogP contribution >= 0.6 is 0 Å². The lowest BCUT2D eigenvalue weighted by Gasteiger charge is -2.15. The van der Waals surface area contributed by atoms with Crippen molar-refractivity contribution in [3.63, 3.8) is 0 Å². The predicted molar refractivity (Wildman–Crippen MR) is 106 cm³/mol. The first-order valence-electron chi connectivity index (χ1n) is 8.89. The molecule has 0 aliphatic carbocycles. The molecule has 0 aromatic heterocycles. The highest BCUT2D eigenvalue weighted by molar-refractivity contribution is 7.88. The maximum atomic E-state index is 12.4. The van der Waals surface area contributed by atoms with E-state index < -0.39 is 20.9 Å². The van der Waals surface area contributed by atoms with E-state index in [4.69, 9.17) is 0 Å². The maximum absolute atomic E-state index is 12.4. The number of amides is 1. The molecule has 28 heavy (non-hydrogen) atoms. The zero-order valence-corrected chi connectivity index (χ0v) is 16.2. The third kappa shape index (κ3) is 4.55. The number of nitrogens with zero attached hydrogens (tertiary/aromatic N) is 2. The predicted octanol–water partition coefficient (Wildman–Crippen LogP) is 3.08. The van der Waals surface area contributed by atoms with Gasteiger partial charge in [0.25, 0.3) is 11.6 Å². The van der Waals surface area contributed by atoms with E-state index in [-0.39, 0.29) is 11.4 Å². The standard InChI is InChI=1S/C19H21N3O5S/c1-14-4-9-17(22(24)25)12-18(14)20-19(23)16-7-5-15(6-8-16)13-28(26,27)21-10-2-3-11-21/h4-9,12H,2-3,10-11,13H2,1H3,(H,20,23). The number of hydrogen-bond donors (Lipinski definition) is 1. The summed E-state index contributed by atoms with van der Waals surface area (Å²) in [7, 11) is -3.34. The summed E-state index contributed by atoms with van der Waals surface area (Å²) >= 11 is 0. The lowest BCUT2D eigenvalue weighted by atomic mass is 10.1. The monoisotopic (exact) mass is 403 g/mol. The van der Waals surface area contributed by atoms with E-state index in [1.807, 2.05) is 0 Å². The number of sulfonamides is 1. The number of aryl methyl sites for hydroxylation is 1. The van der Waals surface area contributed by atoms with E-state index in [9.17, 15) is 23.3 Å². The molecular formula is C19H21N3O5S. The van der Waals surface area contributed by atoms with Gasteiger partial charge < -0.3 is 5.32 Å². The molecule has 0 bridgehead atoms. The van der Waals surface area contributed by atoms with Crippen LogP contribution in [0.4, 0.5) is 11.4 Å². The minimum absolute atomic E-state index is 0.0983. The molecule has 0 spiro atoms. The van der Waals surface area contributed by atoms with Crippen LogP contribution in [-0.2, 0) is 15.8 Å². The van der Waals surface area contributed by atoms with Crippen LogP contribution in [0.25, 0.3) is 0 Å². The Balaban J connectivity index is 1.70. The van der Waals surface area contributed by atoms with Gasteiger partial charge >= 0.3 is 0 Å². The van der Waals surface area contributed by atoms with Gasteiger partial charge in [-0.05, 0) is 43.0 Å². The third-order valence-corrected chi connectivity index (χ3v) is 6.55. The average molecular weight is 403 g/mol. The highest BCUT2D eigenvalue weighted by Crippen LogP contribution is 2.23. The van der Waals surface area contributed by atoms with Gasteiger partial charge in [-0.15, -0.1) is 0 Å². The lowest BCUT2D eigenvalue weighted by molar-refractivity contribution is -0.384.